The van der Waals surface area contributed by atoms with Gasteiger partial charge in [0.25, 0.3) is 0 Å². The normalized spacial score (nSPS) is 39.9. The van der Waals surface area contributed by atoms with E-state index in [2.05, 4.69) is 4.90 Å². The first kappa shape index (κ1) is 13.7. The lowest BCUT2D eigenvalue weighted by Gasteiger charge is -2.39. The second kappa shape index (κ2) is 5.52. The van der Waals surface area contributed by atoms with Crippen LogP contribution in [0.3, 0.4) is 0 Å². The molecule has 0 spiro atoms. The Morgan fingerprint density at radius 2 is 2.06 bits per heavy atom. The molecule has 6 nitrogen and oxygen atoms in total. The highest BCUT2D eigenvalue weighted by Crippen LogP contribution is 2.40. The number of carbonyl (C=O) groups is 1. The Kier molecular flexibility index (Phi) is 4.21. The number of fused-ring (bicyclic) bond motifs is 2. The molecule has 5 unspecified atom stereocenters. The molecule has 1 N–H and O–H groups in total. The van der Waals surface area contributed by atoms with Gasteiger partial charge in [-0.05, 0) is 19.9 Å². The van der Waals surface area contributed by atoms with E-state index in [1.165, 1.54) is 7.11 Å². The fourth-order valence-electron chi connectivity index (χ4n) is 3.22. The van der Waals surface area contributed by atoms with Gasteiger partial charge in [0.15, 0.2) is 0 Å². The van der Waals surface area contributed by atoms with Crippen LogP contribution in [0.4, 0.5) is 0 Å². The zero-order chi connectivity index (χ0) is 13.3. The Hall–Kier alpha value is -0.690. The van der Waals surface area contributed by atoms with Crippen molar-refractivity contribution in [3.8, 4) is 0 Å². The maximum Gasteiger partial charge on any atom is 0.312 e. The summed E-state index contributed by atoms with van der Waals surface area (Å²) in [6, 6.07) is 0.120. The van der Waals surface area contributed by atoms with Crippen LogP contribution in [-0.2, 0) is 19.0 Å². The van der Waals surface area contributed by atoms with E-state index in [4.69, 9.17) is 14.2 Å². The molecule has 5 atom stereocenters. The van der Waals surface area contributed by atoms with E-state index >= 15 is 0 Å². The molecule has 2 saturated heterocycles. The molecule has 18 heavy (non-hydrogen) atoms. The largest absolute Gasteiger partial charge is 0.469 e. The second-order valence-corrected chi connectivity index (χ2v) is 5.00. The molecule has 0 aromatic heterocycles. The molecule has 104 valence electrons. The van der Waals surface area contributed by atoms with Crippen molar-refractivity contribution in [2.75, 3.05) is 28.1 Å². The molecule has 0 aromatic carbocycles. The molecule has 2 fully saturated rings. The van der Waals surface area contributed by atoms with Crippen LogP contribution in [0.1, 0.15) is 12.8 Å². The highest BCUT2D eigenvalue weighted by atomic mass is 16.7. The molecule has 0 amide bonds. The summed E-state index contributed by atoms with van der Waals surface area (Å²) in [6.45, 7) is 0.237. The summed E-state index contributed by atoms with van der Waals surface area (Å²) in [5, 5.41) is 10.1. The van der Waals surface area contributed by atoms with Gasteiger partial charge in [-0.3, -0.25) is 9.69 Å². The first-order valence-electron chi connectivity index (χ1n) is 6.18. The SMILES string of the molecule is COCOC1CC2C(C(=O)OC)C(O)CC1N2C. The minimum Gasteiger partial charge on any atom is -0.469 e. The first-order valence-corrected chi connectivity index (χ1v) is 6.18. The molecule has 2 aliphatic heterocycles. The molecule has 0 radical (unpaired) electrons. The summed E-state index contributed by atoms with van der Waals surface area (Å²) in [5.41, 5.74) is 0. The van der Waals surface area contributed by atoms with E-state index in [1.54, 1.807) is 7.11 Å². The number of aliphatic hydroxyl groups excluding tert-OH is 1. The monoisotopic (exact) mass is 259 g/mol. The number of aliphatic hydroxyl groups is 1. The van der Waals surface area contributed by atoms with Gasteiger partial charge < -0.3 is 19.3 Å². The third-order valence-electron chi connectivity index (χ3n) is 4.13. The predicted octanol–water partition coefficient (Wildman–Crippen LogP) is -0.398. The number of carbonyl (C=O) groups excluding carboxylic acids is 1. The molecule has 2 bridgehead atoms. The number of piperidine rings is 1. The quantitative estimate of drug-likeness (QED) is 0.547. The van der Waals surface area contributed by atoms with E-state index in [-0.39, 0.29) is 30.9 Å². The van der Waals surface area contributed by atoms with Gasteiger partial charge in [-0.15, -0.1) is 0 Å². The number of nitrogens with zero attached hydrogens (tertiary/aromatic N) is 1. The van der Waals surface area contributed by atoms with Crippen molar-refractivity contribution in [2.24, 2.45) is 5.92 Å². The van der Waals surface area contributed by atoms with Gasteiger partial charge in [0, 0.05) is 19.2 Å². The predicted molar refractivity (Wildman–Crippen MR) is 62.8 cm³/mol. The van der Waals surface area contributed by atoms with Crippen LogP contribution in [0.5, 0.6) is 0 Å². The Morgan fingerprint density at radius 3 is 2.67 bits per heavy atom. The smallest absolute Gasteiger partial charge is 0.312 e. The lowest BCUT2D eigenvalue weighted by Crippen LogP contribution is -2.53. The Bertz CT molecular complexity index is 311. The highest BCUT2D eigenvalue weighted by molar-refractivity contribution is 5.74. The van der Waals surface area contributed by atoms with Gasteiger partial charge in [-0.2, -0.15) is 0 Å². The van der Waals surface area contributed by atoms with Crippen LogP contribution in [0.2, 0.25) is 0 Å². The molecule has 0 aromatic rings. The summed E-state index contributed by atoms with van der Waals surface area (Å²) >= 11 is 0. The fraction of sp³-hybridized carbons (Fsp3) is 0.917. The van der Waals surface area contributed by atoms with Crippen molar-refractivity contribution in [1.82, 2.24) is 4.90 Å². The van der Waals surface area contributed by atoms with Gasteiger partial charge in [0.2, 0.25) is 0 Å². The highest BCUT2D eigenvalue weighted by Gasteiger charge is 2.53. The topological polar surface area (TPSA) is 68.2 Å². The van der Waals surface area contributed by atoms with Crippen molar-refractivity contribution in [3.05, 3.63) is 0 Å². The van der Waals surface area contributed by atoms with Gasteiger partial charge in [-0.1, -0.05) is 0 Å². The zero-order valence-corrected chi connectivity index (χ0v) is 11.0. The minimum absolute atomic E-state index is 0.00394. The lowest BCUT2D eigenvalue weighted by atomic mass is 9.88. The maximum absolute atomic E-state index is 11.8. The van der Waals surface area contributed by atoms with Crippen LogP contribution < -0.4 is 0 Å². The average molecular weight is 259 g/mol. The molecule has 0 saturated carbocycles. The minimum atomic E-state index is -0.653. The summed E-state index contributed by atoms with van der Waals surface area (Å²) in [7, 11) is 4.90. The zero-order valence-electron chi connectivity index (χ0n) is 11.0. The van der Waals surface area contributed by atoms with Crippen molar-refractivity contribution in [2.45, 2.75) is 37.1 Å². The van der Waals surface area contributed by atoms with Crippen LogP contribution in [0.15, 0.2) is 0 Å². The third-order valence-corrected chi connectivity index (χ3v) is 4.13. The van der Waals surface area contributed by atoms with Crippen molar-refractivity contribution >= 4 is 5.97 Å². The molecular formula is C12H21NO5. The van der Waals surface area contributed by atoms with Crippen LogP contribution >= 0.6 is 0 Å². The van der Waals surface area contributed by atoms with Gasteiger partial charge >= 0.3 is 5.97 Å². The van der Waals surface area contributed by atoms with Gasteiger partial charge in [0.05, 0.1) is 25.2 Å². The third kappa shape index (κ3) is 2.25. The molecule has 2 heterocycles. The van der Waals surface area contributed by atoms with Crippen molar-refractivity contribution in [3.63, 3.8) is 0 Å². The van der Waals surface area contributed by atoms with Crippen LogP contribution in [0, 0.1) is 5.92 Å². The second-order valence-electron chi connectivity index (χ2n) is 5.00. The summed E-state index contributed by atoms with van der Waals surface area (Å²) < 4.78 is 15.3. The fourth-order valence-corrected chi connectivity index (χ4v) is 3.22. The van der Waals surface area contributed by atoms with Crippen molar-refractivity contribution in [1.29, 1.82) is 0 Å². The number of esters is 1. The first-order chi connectivity index (χ1) is 8.60. The molecule has 6 heteroatoms. The number of likely N-dealkylation sites (N-methyl/N-ethyl adjacent to an activating group) is 1. The van der Waals surface area contributed by atoms with E-state index in [9.17, 15) is 9.90 Å². The Morgan fingerprint density at radius 1 is 1.33 bits per heavy atom. The summed E-state index contributed by atoms with van der Waals surface area (Å²) in [5.74, 6) is -0.822. The number of ether oxygens (including phenoxy) is 3. The number of hydrogen-bond acceptors (Lipinski definition) is 6. The number of rotatable bonds is 4. The summed E-state index contributed by atoms with van der Waals surface area (Å²) in [4.78, 5) is 13.9. The van der Waals surface area contributed by atoms with Crippen LogP contribution in [0.25, 0.3) is 0 Å². The molecule has 0 aliphatic carbocycles. The van der Waals surface area contributed by atoms with E-state index in [0.717, 1.165) is 6.42 Å². The molecular weight excluding hydrogens is 238 g/mol. The van der Waals surface area contributed by atoms with E-state index in [0.29, 0.717) is 6.42 Å². The van der Waals surface area contributed by atoms with Crippen molar-refractivity contribution < 1.29 is 24.1 Å². The average Bonchev–Trinajstić information content (AvgIpc) is 2.57. The Labute approximate surface area is 107 Å². The van der Waals surface area contributed by atoms with E-state index < -0.39 is 12.0 Å². The number of hydrogen-bond donors (Lipinski definition) is 1. The summed E-state index contributed by atoms with van der Waals surface area (Å²) in [6.07, 6.45) is 0.603. The van der Waals surface area contributed by atoms with Crippen LogP contribution in [-0.4, -0.2) is 68.3 Å². The van der Waals surface area contributed by atoms with Gasteiger partial charge in [-0.25, -0.2) is 0 Å². The standard InChI is InChI=1S/C12H21NO5/c1-13-7-4-9(14)11(12(15)17-3)8(13)5-10(7)18-6-16-2/h7-11,14H,4-6H2,1-3H3. The molecule has 2 rings (SSSR count). The van der Waals surface area contributed by atoms with E-state index in [1.807, 2.05) is 7.05 Å². The maximum atomic E-state index is 11.8. The molecule has 2 aliphatic rings. The lowest BCUT2D eigenvalue weighted by molar-refractivity contribution is -0.156. The Balaban J connectivity index is 2.10. The number of methoxy groups -OCH3 is 2. The van der Waals surface area contributed by atoms with Gasteiger partial charge in [0.1, 0.15) is 6.79 Å².